The molecule has 0 spiro atoms. The number of likely N-dealkylation sites (tertiary alicyclic amines) is 1. The molecule has 0 saturated carbocycles. The van der Waals surface area contributed by atoms with Gasteiger partial charge in [0.15, 0.2) is 12.1 Å². The third kappa shape index (κ3) is 1.81. The Morgan fingerprint density at radius 3 is 3.25 bits per heavy atom. The van der Waals surface area contributed by atoms with E-state index in [0.29, 0.717) is 24.4 Å². The lowest BCUT2D eigenvalue weighted by atomic mass is 10.2. The molecule has 0 aromatic carbocycles. The van der Waals surface area contributed by atoms with Gasteiger partial charge in [-0.15, -0.1) is 0 Å². The number of aryl methyl sites for hydroxylation is 1. The summed E-state index contributed by atoms with van der Waals surface area (Å²) in [5, 5.41) is 0. The van der Waals surface area contributed by atoms with Crippen molar-refractivity contribution in [3.63, 3.8) is 0 Å². The molecule has 1 saturated heterocycles. The Morgan fingerprint density at radius 2 is 2.56 bits per heavy atom. The van der Waals surface area contributed by atoms with E-state index in [0.717, 1.165) is 12.8 Å². The molecule has 0 radical (unpaired) electrons. The lowest BCUT2D eigenvalue weighted by Gasteiger charge is -2.21. The summed E-state index contributed by atoms with van der Waals surface area (Å²) in [4.78, 5) is 17.6. The van der Waals surface area contributed by atoms with Crippen molar-refractivity contribution in [2.45, 2.75) is 32.2 Å². The van der Waals surface area contributed by atoms with Crippen molar-refractivity contribution in [1.82, 2.24) is 9.88 Å². The quantitative estimate of drug-likeness (QED) is 0.789. The fraction of sp³-hybridized carbons (Fsp3) is 0.636. The van der Waals surface area contributed by atoms with Crippen LogP contribution in [0.15, 0.2) is 10.8 Å². The standard InChI is InChI=1S/C11H15FN2O2/c1-2-9-10(13-7-16-9)11(15)14-5-3-4-8(14)6-12/h7-8H,2-6H2,1H3. The van der Waals surface area contributed by atoms with Gasteiger partial charge in [-0.05, 0) is 12.8 Å². The summed E-state index contributed by atoms with van der Waals surface area (Å²) < 4.78 is 17.8. The second-order valence-corrected chi connectivity index (χ2v) is 3.93. The Balaban J connectivity index is 2.18. The molecular weight excluding hydrogens is 211 g/mol. The van der Waals surface area contributed by atoms with Crippen LogP contribution < -0.4 is 0 Å². The highest BCUT2D eigenvalue weighted by atomic mass is 19.1. The van der Waals surface area contributed by atoms with Crippen LogP contribution in [0, 0.1) is 0 Å². The summed E-state index contributed by atoms with van der Waals surface area (Å²) >= 11 is 0. The first kappa shape index (κ1) is 11.1. The van der Waals surface area contributed by atoms with E-state index < -0.39 is 6.67 Å². The van der Waals surface area contributed by atoms with Crippen molar-refractivity contribution >= 4 is 5.91 Å². The summed E-state index contributed by atoms with van der Waals surface area (Å²) in [5.41, 5.74) is 0.336. The second-order valence-electron chi connectivity index (χ2n) is 3.93. The molecule has 1 aliphatic heterocycles. The molecule has 4 nitrogen and oxygen atoms in total. The zero-order valence-corrected chi connectivity index (χ0v) is 9.28. The van der Waals surface area contributed by atoms with Crippen LogP contribution in [0.2, 0.25) is 0 Å². The first-order valence-corrected chi connectivity index (χ1v) is 5.57. The number of nitrogens with zero attached hydrogens (tertiary/aromatic N) is 2. The van der Waals surface area contributed by atoms with Crippen molar-refractivity contribution in [1.29, 1.82) is 0 Å². The van der Waals surface area contributed by atoms with Crippen LogP contribution in [0.25, 0.3) is 0 Å². The molecule has 1 aromatic rings. The van der Waals surface area contributed by atoms with Crippen molar-refractivity contribution in [3.05, 3.63) is 17.8 Å². The highest BCUT2D eigenvalue weighted by Gasteiger charge is 2.31. The SMILES string of the molecule is CCc1ocnc1C(=O)N1CCCC1CF. The number of oxazole rings is 1. The van der Waals surface area contributed by atoms with Crippen LogP contribution in [0.1, 0.15) is 36.0 Å². The molecule has 2 rings (SSSR count). The predicted octanol–water partition coefficient (Wildman–Crippen LogP) is 1.81. The Bertz CT molecular complexity index is 378. The van der Waals surface area contributed by atoms with Crippen molar-refractivity contribution in [3.8, 4) is 0 Å². The Hall–Kier alpha value is -1.39. The minimum Gasteiger partial charge on any atom is -0.448 e. The summed E-state index contributed by atoms with van der Waals surface area (Å²) in [5.74, 6) is 0.375. The molecule has 2 heterocycles. The van der Waals surface area contributed by atoms with E-state index in [1.54, 1.807) is 4.90 Å². The van der Waals surface area contributed by atoms with Crippen LogP contribution in [0.3, 0.4) is 0 Å². The molecule has 1 fully saturated rings. The van der Waals surface area contributed by atoms with E-state index in [2.05, 4.69) is 4.98 Å². The van der Waals surface area contributed by atoms with Gasteiger partial charge in [-0.25, -0.2) is 9.37 Å². The number of carbonyl (C=O) groups is 1. The van der Waals surface area contributed by atoms with Crippen LogP contribution in [0.4, 0.5) is 4.39 Å². The average molecular weight is 226 g/mol. The van der Waals surface area contributed by atoms with Gasteiger partial charge in [0.1, 0.15) is 12.4 Å². The highest BCUT2D eigenvalue weighted by molar-refractivity contribution is 5.93. The molecule has 5 heteroatoms. The van der Waals surface area contributed by atoms with E-state index >= 15 is 0 Å². The van der Waals surface area contributed by atoms with Gasteiger partial charge in [0.05, 0.1) is 6.04 Å². The molecule has 1 aromatic heterocycles. The molecule has 1 atom stereocenters. The average Bonchev–Trinajstić information content (AvgIpc) is 2.96. The number of hydrogen-bond donors (Lipinski definition) is 0. The normalized spacial score (nSPS) is 20.4. The number of halogens is 1. The molecule has 0 aliphatic carbocycles. The predicted molar refractivity (Wildman–Crippen MR) is 55.9 cm³/mol. The van der Waals surface area contributed by atoms with Crippen LogP contribution in [-0.4, -0.2) is 35.1 Å². The van der Waals surface area contributed by atoms with Crippen LogP contribution in [0.5, 0.6) is 0 Å². The van der Waals surface area contributed by atoms with Gasteiger partial charge in [0.25, 0.3) is 5.91 Å². The zero-order chi connectivity index (χ0) is 11.5. The summed E-state index contributed by atoms with van der Waals surface area (Å²) in [7, 11) is 0. The van der Waals surface area contributed by atoms with E-state index in [9.17, 15) is 9.18 Å². The first-order valence-electron chi connectivity index (χ1n) is 5.57. The maximum Gasteiger partial charge on any atom is 0.276 e. The van der Waals surface area contributed by atoms with E-state index in [1.807, 2.05) is 6.92 Å². The summed E-state index contributed by atoms with van der Waals surface area (Å²) in [6, 6.07) is -0.283. The Labute approximate surface area is 93.4 Å². The summed E-state index contributed by atoms with van der Waals surface area (Å²) in [6.07, 6.45) is 3.49. The number of amides is 1. The topological polar surface area (TPSA) is 46.3 Å². The summed E-state index contributed by atoms with van der Waals surface area (Å²) in [6.45, 7) is 2.03. The van der Waals surface area contributed by atoms with Gasteiger partial charge in [0, 0.05) is 13.0 Å². The fourth-order valence-corrected chi connectivity index (χ4v) is 2.10. The molecule has 0 bridgehead atoms. The third-order valence-electron chi connectivity index (χ3n) is 2.98. The van der Waals surface area contributed by atoms with Crippen molar-refractivity contribution < 1.29 is 13.6 Å². The second kappa shape index (κ2) is 4.63. The smallest absolute Gasteiger partial charge is 0.276 e. The molecule has 1 unspecified atom stereocenters. The molecule has 0 N–H and O–H groups in total. The molecule has 88 valence electrons. The Morgan fingerprint density at radius 1 is 1.75 bits per heavy atom. The third-order valence-corrected chi connectivity index (χ3v) is 2.98. The monoisotopic (exact) mass is 226 g/mol. The van der Waals surface area contributed by atoms with Crippen LogP contribution >= 0.6 is 0 Å². The van der Waals surface area contributed by atoms with Gasteiger partial charge in [-0.1, -0.05) is 6.92 Å². The van der Waals surface area contributed by atoms with Gasteiger partial charge in [-0.3, -0.25) is 4.79 Å². The lowest BCUT2D eigenvalue weighted by molar-refractivity contribution is 0.0709. The molecular formula is C11H15FN2O2. The maximum absolute atomic E-state index is 12.7. The van der Waals surface area contributed by atoms with Crippen molar-refractivity contribution in [2.24, 2.45) is 0 Å². The van der Waals surface area contributed by atoms with Gasteiger partial charge in [0.2, 0.25) is 0 Å². The lowest BCUT2D eigenvalue weighted by Crippen LogP contribution is -2.37. The minimum absolute atomic E-state index is 0.203. The van der Waals surface area contributed by atoms with Gasteiger partial charge in [-0.2, -0.15) is 0 Å². The van der Waals surface area contributed by atoms with Gasteiger partial charge < -0.3 is 9.32 Å². The Kier molecular flexibility index (Phi) is 3.22. The highest BCUT2D eigenvalue weighted by Crippen LogP contribution is 2.21. The van der Waals surface area contributed by atoms with Crippen molar-refractivity contribution in [2.75, 3.05) is 13.2 Å². The minimum atomic E-state index is -0.481. The molecule has 1 amide bonds. The maximum atomic E-state index is 12.7. The number of rotatable bonds is 3. The molecule has 16 heavy (non-hydrogen) atoms. The fourth-order valence-electron chi connectivity index (χ4n) is 2.10. The van der Waals surface area contributed by atoms with E-state index in [-0.39, 0.29) is 11.9 Å². The molecule has 1 aliphatic rings. The van der Waals surface area contributed by atoms with Gasteiger partial charge >= 0.3 is 0 Å². The number of hydrogen-bond acceptors (Lipinski definition) is 3. The first-order chi connectivity index (χ1) is 7.77. The van der Waals surface area contributed by atoms with E-state index in [1.165, 1.54) is 6.39 Å². The largest absolute Gasteiger partial charge is 0.448 e. The van der Waals surface area contributed by atoms with E-state index in [4.69, 9.17) is 4.42 Å². The zero-order valence-electron chi connectivity index (χ0n) is 9.28. The number of alkyl halides is 1. The number of aromatic nitrogens is 1. The van der Waals surface area contributed by atoms with Crippen LogP contribution in [-0.2, 0) is 6.42 Å². The number of carbonyl (C=O) groups excluding carboxylic acids is 1.